The lowest BCUT2D eigenvalue weighted by molar-refractivity contribution is -0.113. The molecule has 4 aromatic rings. The molecule has 1 aliphatic heterocycles. The Labute approximate surface area is 198 Å². The van der Waals surface area contributed by atoms with Crippen LogP contribution < -0.4 is 10.6 Å². The van der Waals surface area contributed by atoms with Crippen LogP contribution in [0.4, 0.5) is 11.6 Å². The fraction of sp³-hybridized carbons (Fsp3) is 0.0800. The van der Waals surface area contributed by atoms with Crippen molar-refractivity contribution in [3.8, 4) is 17.1 Å². The number of hydrogen-bond acceptors (Lipinski definition) is 5. The van der Waals surface area contributed by atoms with Gasteiger partial charge in [-0.05, 0) is 61.0 Å². The summed E-state index contributed by atoms with van der Waals surface area (Å²) >= 11 is 3.48. The molecule has 0 spiro atoms. The number of aromatic nitrogens is 3. The van der Waals surface area contributed by atoms with E-state index < -0.39 is 6.04 Å². The number of amides is 1. The quantitative estimate of drug-likeness (QED) is 0.351. The minimum atomic E-state index is -0.476. The highest BCUT2D eigenvalue weighted by atomic mass is 79.9. The second kappa shape index (κ2) is 8.55. The number of phenolic OH excluding ortho intramolecular Hbond substituents is 1. The van der Waals surface area contributed by atoms with E-state index in [0.717, 1.165) is 15.6 Å². The molecule has 164 valence electrons. The van der Waals surface area contributed by atoms with Gasteiger partial charge in [-0.2, -0.15) is 4.98 Å². The summed E-state index contributed by atoms with van der Waals surface area (Å²) < 4.78 is 2.68. The van der Waals surface area contributed by atoms with Crippen LogP contribution >= 0.6 is 15.9 Å². The summed E-state index contributed by atoms with van der Waals surface area (Å²) in [6, 6.07) is 23.4. The molecule has 1 unspecified atom stereocenters. The van der Waals surface area contributed by atoms with Gasteiger partial charge in [0.25, 0.3) is 5.91 Å². The Morgan fingerprint density at radius 1 is 1.03 bits per heavy atom. The number of carbonyl (C=O) groups is 1. The number of rotatable bonds is 4. The van der Waals surface area contributed by atoms with Gasteiger partial charge in [0.05, 0.1) is 5.57 Å². The van der Waals surface area contributed by atoms with Gasteiger partial charge < -0.3 is 15.7 Å². The van der Waals surface area contributed by atoms with Crippen molar-refractivity contribution in [1.82, 2.24) is 14.8 Å². The zero-order valence-electron chi connectivity index (χ0n) is 17.7. The number of para-hydroxylation sites is 1. The van der Waals surface area contributed by atoms with Crippen LogP contribution in [0.25, 0.3) is 11.4 Å². The van der Waals surface area contributed by atoms with E-state index in [1.165, 1.54) is 0 Å². The van der Waals surface area contributed by atoms with Crippen molar-refractivity contribution >= 4 is 33.5 Å². The standard InChI is InChI=1S/C25H20BrN5O2/c1-15-21(24(33)28-19-5-3-2-4-6-19)22(16-7-11-18(26)12-8-16)31-25(27-15)29-23(30-31)17-9-13-20(32)14-10-17/h2-14,22,32H,1H3,(H,28,33)(H,27,29,30). The SMILES string of the molecule is CC1=C(C(=O)Nc2ccccc2)C(c2ccc(Br)cc2)n2nc(-c3ccc(O)cc3)nc2N1. The first kappa shape index (κ1) is 21.0. The van der Waals surface area contributed by atoms with Gasteiger partial charge in [0.15, 0.2) is 5.82 Å². The Morgan fingerprint density at radius 3 is 2.42 bits per heavy atom. The number of hydrogen-bond donors (Lipinski definition) is 3. The van der Waals surface area contributed by atoms with E-state index in [1.54, 1.807) is 28.9 Å². The number of benzene rings is 3. The van der Waals surface area contributed by atoms with Gasteiger partial charge in [-0.3, -0.25) is 4.79 Å². The molecule has 3 N–H and O–H groups in total. The Kier molecular flexibility index (Phi) is 5.43. The summed E-state index contributed by atoms with van der Waals surface area (Å²) in [4.78, 5) is 18.1. The molecule has 7 nitrogen and oxygen atoms in total. The average molecular weight is 502 g/mol. The first-order valence-corrected chi connectivity index (χ1v) is 11.1. The van der Waals surface area contributed by atoms with Gasteiger partial charge in [0, 0.05) is 21.4 Å². The normalized spacial score (nSPS) is 15.0. The molecule has 8 heteroatoms. The van der Waals surface area contributed by atoms with Gasteiger partial charge in [0.1, 0.15) is 11.8 Å². The van der Waals surface area contributed by atoms with Crippen LogP contribution in [0.5, 0.6) is 5.75 Å². The lowest BCUT2D eigenvalue weighted by atomic mass is 9.95. The number of nitrogens with zero attached hydrogens (tertiary/aromatic N) is 3. The van der Waals surface area contributed by atoms with E-state index in [9.17, 15) is 9.90 Å². The van der Waals surface area contributed by atoms with Gasteiger partial charge in [-0.25, -0.2) is 4.68 Å². The highest BCUT2D eigenvalue weighted by Gasteiger charge is 2.34. The third-order valence-corrected chi connectivity index (χ3v) is 5.97. The Hall–Kier alpha value is -3.91. The Morgan fingerprint density at radius 2 is 1.73 bits per heavy atom. The molecule has 0 saturated heterocycles. The summed E-state index contributed by atoms with van der Waals surface area (Å²) in [6.07, 6.45) is 0. The molecule has 1 aliphatic rings. The number of fused-ring (bicyclic) bond motifs is 1. The minimum Gasteiger partial charge on any atom is -0.508 e. The molecule has 3 aromatic carbocycles. The molecular weight excluding hydrogens is 482 g/mol. The third kappa shape index (κ3) is 4.12. The molecule has 0 fully saturated rings. The highest BCUT2D eigenvalue weighted by Crippen LogP contribution is 2.37. The molecular formula is C25H20BrN5O2. The smallest absolute Gasteiger partial charge is 0.255 e. The second-order valence-electron chi connectivity index (χ2n) is 7.69. The van der Waals surface area contributed by atoms with Crippen molar-refractivity contribution in [2.24, 2.45) is 0 Å². The van der Waals surface area contributed by atoms with Crippen molar-refractivity contribution < 1.29 is 9.90 Å². The second-order valence-corrected chi connectivity index (χ2v) is 8.60. The average Bonchev–Trinajstić information content (AvgIpc) is 3.23. The summed E-state index contributed by atoms with van der Waals surface area (Å²) in [6.45, 7) is 1.87. The fourth-order valence-electron chi connectivity index (χ4n) is 3.85. The molecule has 5 rings (SSSR count). The number of anilines is 2. The minimum absolute atomic E-state index is 0.172. The van der Waals surface area contributed by atoms with E-state index in [-0.39, 0.29) is 11.7 Å². The van der Waals surface area contributed by atoms with Gasteiger partial charge in [0.2, 0.25) is 5.95 Å². The lowest BCUT2D eigenvalue weighted by Crippen LogP contribution is -2.31. The van der Waals surface area contributed by atoms with Crippen molar-refractivity contribution in [2.45, 2.75) is 13.0 Å². The van der Waals surface area contributed by atoms with Crippen molar-refractivity contribution in [1.29, 1.82) is 0 Å². The summed E-state index contributed by atoms with van der Waals surface area (Å²) in [5, 5.41) is 20.6. The molecule has 1 aromatic heterocycles. The van der Waals surface area contributed by atoms with E-state index in [4.69, 9.17) is 5.10 Å². The van der Waals surface area contributed by atoms with E-state index in [1.807, 2.05) is 61.5 Å². The van der Waals surface area contributed by atoms with Crippen LogP contribution in [-0.2, 0) is 4.79 Å². The van der Waals surface area contributed by atoms with Crippen LogP contribution in [0.3, 0.4) is 0 Å². The molecule has 0 bridgehead atoms. The molecule has 1 amide bonds. The molecule has 0 aliphatic carbocycles. The van der Waals surface area contributed by atoms with Crippen LogP contribution in [0, 0.1) is 0 Å². The largest absolute Gasteiger partial charge is 0.508 e. The first-order chi connectivity index (χ1) is 16.0. The molecule has 0 radical (unpaired) electrons. The Balaban J connectivity index is 1.60. The van der Waals surface area contributed by atoms with Crippen molar-refractivity contribution in [3.05, 3.63) is 100 Å². The number of allylic oxidation sites excluding steroid dienone is 1. The lowest BCUT2D eigenvalue weighted by Gasteiger charge is -2.28. The maximum absolute atomic E-state index is 13.4. The first-order valence-electron chi connectivity index (χ1n) is 10.4. The third-order valence-electron chi connectivity index (χ3n) is 5.44. The fourth-order valence-corrected chi connectivity index (χ4v) is 4.12. The molecule has 1 atom stereocenters. The van der Waals surface area contributed by atoms with Crippen LogP contribution in [0.2, 0.25) is 0 Å². The van der Waals surface area contributed by atoms with E-state index in [2.05, 4.69) is 31.5 Å². The van der Waals surface area contributed by atoms with Crippen LogP contribution in [0.1, 0.15) is 18.5 Å². The van der Waals surface area contributed by atoms with Gasteiger partial charge in [-0.15, -0.1) is 5.10 Å². The summed E-state index contributed by atoms with van der Waals surface area (Å²) in [7, 11) is 0. The maximum atomic E-state index is 13.4. The predicted molar refractivity (Wildman–Crippen MR) is 131 cm³/mol. The zero-order chi connectivity index (χ0) is 22.9. The maximum Gasteiger partial charge on any atom is 0.255 e. The predicted octanol–water partition coefficient (Wildman–Crippen LogP) is 5.34. The van der Waals surface area contributed by atoms with E-state index >= 15 is 0 Å². The number of aromatic hydroxyl groups is 1. The number of nitrogens with one attached hydrogen (secondary N) is 2. The summed E-state index contributed by atoms with van der Waals surface area (Å²) in [5.41, 5.74) is 3.63. The van der Waals surface area contributed by atoms with Gasteiger partial charge >= 0.3 is 0 Å². The molecule has 33 heavy (non-hydrogen) atoms. The topological polar surface area (TPSA) is 92.1 Å². The van der Waals surface area contributed by atoms with Gasteiger partial charge in [-0.1, -0.05) is 46.3 Å². The molecule has 0 saturated carbocycles. The number of halogens is 1. The zero-order valence-corrected chi connectivity index (χ0v) is 19.2. The van der Waals surface area contributed by atoms with Crippen LogP contribution in [-0.4, -0.2) is 25.8 Å². The van der Waals surface area contributed by atoms with Crippen molar-refractivity contribution in [3.63, 3.8) is 0 Å². The van der Waals surface area contributed by atoms with Crippen LogP contribution in [0.15, 0.2) is 94.6 Å². The number of phenols is 1. The van der Waals surface area contributed by atoms with Crippen molar-refractivity contribution in [2.75, 3.05) is 10.6 Å². The summed E-state index contributed by atoms with van der Waals surface area (Å²) in [5.74, 6) is 0.995. The number of carbonyl (C=O) groups excluding carboxylic acids is 1. The van der Waals surface area contributed by atoms with E-state index in [0.29, 0.717) is 28.7 Å². The Bertz CT molecular complexity index is 1350. The monoisotopic (exact) mass is 501 g/mol. The molecule has 2 heterocycles. The highest BCUT2D eigenvalue weighted by molar-refractivity contribution is 9.10.